The molecule has 4 aromatic rings. The molecule has 1 amide bonds. The largest absolute Gasteiger partial charge is 0.473 e. The number of anilines is 1. The Kier molecular flexibility index (Phi) is 5.85. The minimum Gasteiger partial charge on any atom is -0.473 e. The predicted octanol–water partition coefficient (Wildman–Crippen LogP) is 4.88. The van der Waals surface area contributed by atoms with E-state index in [9.17, 15) is 26.7 Å². The number of benzene rings is 1. The summed E-state index contributed by atoms with van der Waals surface area (Å²) in [5.41, 5.74) is -0.567. The number of amides is 1. The normalized spacial score (nSPS) is 14.7. The molecule has 13 heteroatoms. The summed E-state index contributed by atoms with van der Waals surface area (Å²) in [4.78, 5) is 16.6. The second-order valence-electron chi connectivity index (χ2n) is 8.37. The number of fused-ring (bicyclic) bond motifs is 1. The molecule has 1 aromatic carbocycles. The van der Waals surface area contributed by atoms with Gasteiger partial charge in [-0.25, -0.2) is 13.8 Å². The minimum absolute atomic E-state index is 0.0678. The molecule has 8 nitrogen and oxygen atoms in total. The van der Waals surface area contributed by atoms with Gasteiger partial charge >= 0.3 is 6.18 Å². The van der Waals surface area contributed by atoms with E-state index in [0.717, 1.165) is 6.07 Å². The van der Waals surface area contributed by atoms with Gasteiger partial charge in [0.2, 0.25) is 11.8 Å². The van der Waals surface area contributed by atoms with Gasteiger partial charge in [-0.15, -0.1) is 5.10 Å². The Morgan fingerprint density at radius 2 is 2.00 bits per heavy atom. The quantitative estimate of drug-likeness (QED) is 0.330. The molecule has 3 heterocycles. The maximum Gasteiger partial charge on any atom is 0.401 e. The first-order chi connectivity index (χ1) is 17.2. The molecule has 0 bridgehead atoms. The van der Waals surface area contributed by atoms with E-state index in [1.165, 1.54) is 18.3 Å². The van der Waals surface area contributed by atoms with E-state index in [1.54, 1.807) is 12.1 Å². The van der Waals surface area contributed by atoms with Crippen molar-refractivity contribution < 1.29 is 36.0 Å². The van der Waals surface area contributed by atoms with Crippen molar-refractivity contribution in [1.82, 2.24) is 20.3 Å². The van der Waals surface area contributed by atoms with E-state index < -0.39 is 30.0 Å². The van der Waals surface area contributed by atoms with Crippen LogP contribution in [-0.4, -0.2) is 45.7 Å². The van der Waals surface area contributed by atoms with Crippen LogP contribution in [0.4, 0.5) is 27.8 Å². The van der Waals surface area contributed by atoms with Crippen LogP contribution in [0.25, 0.3) is 22.2 Å². The predicted molar refractivity (Wildman–Crippen MR) is 117 cm³/mol. The molecule has 2 N–H and O–H groups in total. The number of carbonyl (C=O) groups excluding carboxylic acids is 1. The molecule has 3 aromatic heterocycles. The van der Waals surface area contributed by atoms with Gasteiger partial charge in [-0.3, -0.25) is 9.89 Å². The fraction of sp³-hybridized carbons (Fsp3) is 0.304. The molecule has 1 aliphatic rings. The monoisotopic (exact) mass is 507 g/mol. The fourth-order valence-electron chi connectivity index (χ4n) is 3.87. The smallest absolute Gasteiger partial charge is 0.401 e. The van der Waals surface area contributed by atoms with Gasteiger partial charge < -0.3 is 14.6 Å². The highest BCUT2D eigenvalue weighted by molar-refractivity contribution is 5.91. The van der Waals surface area contributed by atoms with Crippen LogP contribution in [0.2, 0.25) is 0 Å². The SMILES string of the molecule is O=C(Cc1ccc(-c2cnc3[nH]nc(OCCF)c3c2)cc1F)Nc1cc(C2(C(F)(F)F)CC2)on1. The number of aromatic amines is 1. The van der Waals surface area contributed by atoms with Crippen LogP contribution >= 0.6 is 0 Å². The second-order valence-corrected chi connectivity index (χ2v) is 8.37. The van der Waals surface area contributed by atoms with Crippen LogP contribution in [0.15, 0.2) is 41.1 Å². The first kappa shape index (κ1) is 23.7. The van der Waals surface area contributed by atoms with Crippen molar-refractivity contribution >= 4 is 22.8 Å². The van der Waals surface area contributed by atoms with Crippen molar-refractivity contribution in [2.75, 3.05) is 18.6 Å². The summed E-state index contributed by atoms with van der Waals surface area (Å²) >= 11 is 0. The Bertz CT molecular complexity index is 1430. The lowest BCUT2D eigenvalue weighted by atomic mass is 10.0. The Morgan fingerprint density at radius 3 is 2.69 bits per heavy atom. The van der Waals surface area contributed by atoms with E-state index in [0.29, 0.717) is 22.2 Å². The molecule has 36 heavy (non-hydrogen) atoms. The number of H-pyrrole nitrogens is 1. The summed E-state index contributed by atoms with van der Waals surface area (Å²) in [7, 11) is 0. The number of aromatic nitrogens is 4. The molecular weight excluding hydrogens is 489 g/mol. The van der Waals surface area contributed by atoms with Gasteiger partial charge in [0.15, 0.2) is 17.2 Å². The van der Waals surface area contributed by atoms with E-state index >= 15 is 0 Å². The van der Waals surface area contributed by atoms with Crippen LogP contribution in [0, 0.1) is 5.82 Å². The lowest BCUT2D eigenvalue weighted by Crippen LogP contribution is -2.28. The third kappa shape index (κ3) is 4.36. The minimum atomic E-state index is -4.47. The van der Waals surface area contributed by atoms with Crippen LogP contribution in [0.1, 0.15) is 24.2 Å². The third-order valence-corrected chi connectivity index (χ3v) is 5.98. The topological polar surface area (TPSA) is 106 Å². The number of alkyl halides is 4. The molecule has 188 valence electrons. The Hall–Kier alpha value is -4.03. The number of nitrogens with zero attached hydrogens (tertiary/aromatic N) is 3. The number of nitrogens with one attached hydrogen (secondary N) is 2. The maximum absolute atomic E-state index is 14.8. The van der Waals surface area contributed by atoms with Gasteiger partial charge in [-0.2, -0.15) is 13.2 Å². The van der Waals surface area contributed by atoms with Gasteiger partial charge in [-0.05, 0) is 36.1 Å². The van der Waals surface area contributed by atoms with Crippen LogP contribution < -0.4 is 10.1 Å². The molecule has 0 aliphatic heterocycles. The molecule has 1 saturated carbocycles. The highest BCUT2D eigenvalue weighted by Gasteiger charge is 2.66. The van der Waals surface area contributed by atoms with Gasteiger partial charge in [0.05, 0.1) is 11.8 Å². The maximum atomic E-state index is 14.8. The number of hydrogen-bond donors (Lipinski definition) is 2. The zero-order chi connectivity index (χ0) is 25.5. The number of carbonyl (C=O) groups is 1. The lowest BCUT2D eigenvalue weighted by Gasteiger charge is -2.14. The molecule has 1 fully saturated rings. The highest BCUT2D eigenvalue weighted by Crippen LogP contribution is 2.59. The van der Waals surface area contributed by atoms with Crippen LogP contribution in [-0.2, 0) is 16.6 Å². The lowest BCUT2D eigenvalue weighted by molar-refractivity contribution is -0.165. The summed E-state index contributed by atoms with van der Waals surface area (Å²) < 4.78 is 76.9. The fourth-order valence-corrected chi connectivity index (χ4v) is 3.87. The van der Waals surface area contributed by atoms with Crippen LogP contribution in [0.5, 0.6) is 5.88 Å². The molecule has 0 spiro atoms. The van der Waals surface area contributed by atoms with Crippen molar-refractivity contribution in [3.05, 3.63) is 53.7 Å². The number of ether oxygens (including phenoxy) is 1. The molecule has 1 aliphatic carbocycles. The van der Waals surface area contributed by atoms with Crippen molar-refractivity contribution in [2.45, 2.75) is 30.9 Å². The van der Waals surface area contributed by atoms with Gasteiger partial charge in [0.25, 0.3) is 0 Å². The Balaban J connectivity index is 1.28. The summed E-state index contributed by atoms with van der Waals surface area (Å²) in [5.74, 6) is -1.70. The molecule has 0 radical (unpaired) electrons. The summed E-state index contributed by atoms with van der Waals surface area (Å²) in [5, 5.41) is 12.9. The number of rotatable bonds is 8. The first-order valence-corrected chi connectivity index (χ1v) is 10.9. The van der Waals surface area contributed by atoms with Crippen molar-refractivity contribution in [2.24, 2.45) is 0 Å². The van der Waals surface area contributed by atoms with E-state index in [4.69, 9.17) is 9.26 Å². The second kappa shape index (κ2) is 8.88. The van der Waals surface area contributed by atoms with E-state index in [2.05, 4.69) is 25.7 Å². The van der Waals surface area contributed by atoms with Gasteiger partial charge in [0.1, 0.15) is 24.5 Å². The van der Waals surface area contributed by atoms with Crippen molar-refractivity contribution in [3.63, 3.8) is 0 Å². The number of hydrogen-bond acceptors (Lipinski definition) is 6. The van der Waals surface area contributed by atoms with Gasteiger partial charge in [-0.1, -0.05) is 17.3 Å². The summed E-state index contributed by atoms with van der Waals surface area (Å²) in [6.07, 6.45) is -3.56. The standard InChI is InChI=1S/C23H18F5N5O3/c24-5-6-35-21-15-7-14(11-29-20(15)31-32-21)12-1-2-13(16(25)8-12)9-19(34)30-18-10-17(36-33-18)22(3-4-22)23(26,27)28/h1-2,7-8,10-11H,3-6,9H2,(H,29,31,32)(H,30,33,34). The Morgan fingerprint density at radius 1 is 1.19 bits per heavy atom. The van der Waals surface area contributed by atoms with Crippen molar-refractivity contribution in [3.8, 4) is 17.0 Å². The Labute approximate surface area is 199 Å². The molecule has 0 saturated heterocycles. The third-order valence-electron chi connectivity index (χ3n) is 5.98. The average molecular weight is 507 g/mol. The molecular formula is C23H18F5N5O3. The van der Waals surface area contributed by atoms with Gasteiger partial charge in [0, 0.05) is 17.8 Å². The first-order valence-electron chi connectivity index (χ1n) is 10.9. The summed E-state index contributed by atoms with van der Waals surface area (Å²) in [6.45, 7) is -0.859. The molecule has 5 rings (SSSR count). The van der Waals surface area contributed by atoms with E-state index in [1.807, 2.05) is 0 Å². The average Bonchev–Trinajstić information content (AvgIpc) is 3.38. The zero-order valence-electron chi connectivity index (χ0n) is 18.5. The van der Waals surface area contributed by atoms with Crippen molar-refractivity contribution in [1.29, 1.82) is 0 Å². The number of halogens is 5. The molecule has 0 unspecified atom stereocenters. The zero-order valence-corrected chi connectivity index (χ0v) is 18.5. The number of pyridine rings is 1. The molecule has 0 atom stereocenters. The van der Waals surface area contributed by atoms with E-state index in [-0.39, 0.29) is 48.9 Å². The van der Waals surface area contributed by atoms with Crippen LogP contribution in [0.3, 0.4) is 0 Å². The summed E-state index contributed by atoms with van der Waals surface area (Å²) in [6, 6.07) is 6.94. The highest BCUT2D eigenvalue weighted by atomic mass is 19.4.